The molecule has 0 saturated carbocycles. The molecule has 9 nitrogen and oxygen atoms in total. The van der Waals surface area contributed by atoms with Crippen molar-refractivity contribution < 1.29 is 23.9 Å². The molecule has 0 saturated heterocycles. The fourth-order valence-electron chi connectivity index (χ4n) is 1.62. The van der Waals surface area contributed by atoms with Gasteiger partial charge < -0.3 is 25.9 Å². The number of hydrogen-bond acceptors (Lipinski definition) is 7. The normalized spacial score (nSPS) is 12.0. The molecule has 26 heavy (non-hydrogen) atoms. The first kappa shape index (κ1) is 23.6. The first-order chi connectivity index (χ1) is 12.3. The lowest BCUT2D eigenvalue weighted by atomic mass is 10.1. The van der Waals surface area contributed by atoms with Gasteiger partial charge in [0.15, 0.2) is 0 Å². The molecule has 0 aliphatic heterocycles. The molecular formula is C16H26N4O5S. The van der Waals surface area contributed by atoms with Crippen molar-refractivity contribution in [2.24, 2.45) is 11.7 Å². The van der Waals surface area contributed by atoms with E-state index in [1.807, 2.05) is 6.92 Å². The Morgan fingerprint density at radius 3 is 2.58 bits per heavy atom. The molecule has 0 unspecified atom stereocenters. The first-order valence-corrected chi connectivity index (χ1v) is 9.16. The number of nitrogens with two attached hydrogens (primary N) is 1. The number of amidine groups is 1. The summed E-state index contributed by atoms with van der Waals surface area (Å²) in [6.45, 7) is 3.89. The van der Waals surface area contributed by atoms with Crippen LogP contribution in [0.1, 0.15) is 26.7 Å². The number of ketones is 1. The minimum atomic E-state index is -0.815. The lowest BCUT2D eigenvalue weighted by Gasteiger charge is -2.12. The van der Waals surface area contributed by atoms with Crippen LogP contribution in [0.3, 0.4) is 0 Å². The summed E-state index contributed by atoms with van der Waals surface area (Å²) in [6, 6.07) is 0. The molecule has 2 amide bonds. The largest absolute Gasteiger partial charge is 0.450 e. The van der Waals surface area contributed by atoms with E-state index < -0.39 is 23.7 Å². The fourth-order valence-corrected chi connectivity index (χ4v) is 2.24. The monoisotopic (exact) mass is 386 g/mol. The van der Waals surface area contributed by atoms with Gasteiger partial charge in [0.1, 0.15) is 12.1 Å². The van der Waals surface area contributed by atoms with Gasteiger partial charge >= 0.3 is 6.09 Å². The van der Waals surface area contributed by atoms with Gasteiger partial charge in [0.25, 0.3) is 5.91 Å². The number of carbonyl (C=O) groups excluding carboxylic acids is 4. The number of carbonyl (C=O) groups is 4. The van der Waals surface area contributed by atoms with E-state index in [-0.39, 0.29) is 30.3 Å². The Bertz CT molecular complexity index is 551. The van der Waals surface area contributed by atoms with Crippen LogP contribution in [0.2, 0.25) is 0 Å². The van der Waals surface area contributed by atoms with Gasteiger partial charge in [-0.3, -0.25) is 15.0 Å². The Morgan fingerprint density at radius 1 is 1.31 bits per heavy atom. The average Bonchev–Trinajstić information content (AvgIpc) is 2.61. The van der Waals surface area contributed by atoms with Crippen molar-refractivity contribution in [3.05, 3.63) is 11.0 Å². The molecule has 0 bridgehead atoms. The van der Waals surface area contributed by atoms with Crippen LogP contribution in [0, 0.1) is 11.3 Å². The molecule has 10 heteroatoms. The fraction of sp³-hybridized carbons (Fsp3) is 0.562. The molecule has 0 aromatic rings. The van der Waals surface area contributed by atoms with Crippen LogP contribution in [-0.2, 0) is 19.1 Å². The van der Waals surface area contributed by atoms with Crippen molar-refractivity contribution in [1.29, 1.82) is 5.41 Å². The summed E-state index contributed by atoms with van der Waals surface area (Å²) in [6.07, 6.45) is 1.13. The molecule has 5 N–H and O–H groups in total. The number of aldehydes is 1. The lowest BCUT2D eigenvalue weighted by Crippen LogP contribution is -2.37. The van der Waals surface area contributed by atoms with Gasteiger partial charge in [0.05, 0.1) is 12.4 Å². The van der Waals surface area contributed by atoms with E-state index in [1.54, 1.807) is 0 Å². The van der Waals surface area contributed by atoms with Crippen LogP contribution >= 0.6 is 11.8 Å². The summed E-state index contributed by atoms with van der Waals surface area (Å²) < 4.78 is 4.83. The predicted octanol–water partition coefficient (Wildman–Crippen LogP) is 0.586. The number of nitrogens with one attached hydrogen (secondary N) is 3. The molecule has 0 aliphatic carbocycles. The minimum absolute atomic E-state index is 0.00632. The molecule has 0 heterocycles. The summed E-state index contributed by atoms with van der Waals surface area (Å²) in [5.41, 5.74) is 5.41. The molecule has 0 aromatic carbocycles. The smallest absolute Gasteiger partial charge is 0.407 e. The van der Waals surface area contributed by atoms with Gasteiger partial charge in [0.2, 0.25) is 5.78 Å². The quantitative estimate of drug-likeness (QED) is 0.119. The molecule has 0 fully saturated rings. The third kappa shape index (κ3) is 11.2. The Hall–Kier alpha value is -2.36. The minimum Gasteiger partial charge on any atom is -0.450 e. The maximum absolute atomic E-state index is 11.9. The highest BCUT2D eigenvalue weighted by Crippen LogP contribution is 2.07. The zero-order valence-electron chi connectivity index (χ0n) is 15.0. The second kappa shape index (κ2) is 13.9. The molecule has 0 aromatic heterocycles. The number of hydrogen-bond donors (Lipinski definition) is 4. The number of amides is 2. The highest BCUT2D eigenvalue weighted by Gasteiger charge is 2.17. The number of Topliss-reactive ketones (excluding diaryl/α,β-unsaturated/α-hetero) is 1. The van der Waals surface area contributed by atoms with E-state index in [4.69, 9.17) is 15.9 Å². The Labute approximate surface area is 157 Å². The number of thioether (sulfide) groups is 1. The maximum atomic E-state index is 11.9. The summed E-state index contributed by atoms with van der Waals surface area (Å²) >= 11 is 1.14. The summed E-state index contributed by atoms with van der Waals surface area (Å²) in [5.74, 6) is -1.87. The number of alkyl carbamates (subject to hydrolysis) is 1. The second-order valence-corrected chi connectivity index (χ2v) is 6.28. The van der Waals surface area contributed by atoms with Crippen LogP contribution in [-0.4, -0.2) is 55.4 Å². The van der Waals surface area contributed by atoms with Crippen molar-refractivity contribution in [3.63, 3.8) is 0 Å². The number of ether oxygens (including phenoxy) is 1. The van der Waals surface area contributed by atoms with Gasteiger partial charge in [0, 0.05) is 24.6 Å². The van der Waals surface area contributed by atoms with E-state index in [2.05, 4.69) is 10.6 Å². The maximum Gasteiger partial charge on any atom is 0.407 e. The van der Waals surface area contributed by atoms with Crippen LogP contribution < -0.4 is 16.4 Å². The summed E-state index contributed by atoms with van der Waals surface area (Å²) in [4.78, 5) is 46.0. The van der Waals surface area contributed by atoms with Crippen LogP contribution in [0.15, 0.2) is 11.0 Å². The van der Waals surface area contributed by atoms with Gasteiger partial charge in [-0.2, -0.15) is 0 Å². The van der Waals surface area contributed by atoms with E-state index in [0.29, 0.717) is 25.7 Å². The molecule has 146 valence electrons. The first-order valence-electron chi connectivity index (χ1n) is 8.11. The van der Waals surface area contributed by atoms with Crippen molar-refractivity contribution >= 4 is 41.7 Å². The van der Waals surface area contributed by atoms with E-state index >= 15 is 0 Å². The topological polar surface area (TPSA) is 151 Å². The Kier molecular flexibility index (Phi) is 12.6. The molecule has 1 atom stereocenters. The van der Waals surface area contributed by atoms with Gasteiger partial charge in [-0.15, -0.1) is 11.8 Å². The van der Waals surface area contributed by atoms with Crippen molar-refractivity contribution in [2.75, 3.05) is 25.4 Å². The molecule has 0 aliphatic rings. The predicted molar refractivity (Wildman–Crippen MR) is 100.0 cm³/mol. The third-order valence-corrected chi connectivity index (χ3v) is 4.00. The third-order valence-electron chi connectivity index (χ3n) is 3.00. The lowest BCUT2D eigenvalue weighted by molar-refractivity contribution is -0.135. The van der Waals surface area contributed by atoms with E-state index in [1.165, 1.54) is 12.3 Å². The van der Waals surface area contributed by atoms with Gasteiger partial charge in [-0.05, 0) is 25.2 Å². The van der Waals surface area contributed by atoms with E-state index in [0.717, 1.165) is 11.8 Å². The van der Waals surface area contributed by atoms with Crippen molar-refractivity contribution in [2.45, 2.75) is 26.7 Å². The highest BCUT2D eigenvalue weighted by molar-refractivity contribution is 8.02. The van der Waals surface area contributed by atoms with Crippen LogP contribution in [0.4, 0.5) is 4.79 Å². The molecule has 0 spiro atoms. The van der Waals surface area contributed by atoms with Crippen molar-refractivity contribution in [3.8, 4) is 0 Å². The van der Waals surface area contributed by atoms with Crippen LogP contribution in [0.25, 0.3) is 0 Å². The summed E-state index contributed by atoms with van der Waals surface area (Å²) in [5, 5.41) is 13.5. The standard InChI is InChI=1S/C16H26N4O5S/c1-3-6-25-16(24)19-5-4-12(8-21)7-20-15(23)14(22)11(2)9-26-10-13(17)18/h8-9,12H,3-7,10H2,1-2H3,(H3,17,18)(H,19,24)(H,20,23)/b11-9+/t12-/m1/s1. The molecule has 0 rings (SSSR count). The van der Waals surface area contributed by atoms with Crippen LogP contribution in [0.5, 0.6) is 0 Å². The van der Waals surface area contributed by atoms with Gasteiger partial charge in [-0.1, -0.05) is 6.92 Å². The van der Waals surface area contributed by atoms with E-state index in [9.17, 15) is 19.2 Å². The Balaban J connectivity index is 4.23. The second-order valence-electron chi connectivity index (χ2n) is 5.42. The highest BCUT2D eigenvalue weighted by atomic mass is 32.2. The zero-order chi connectivity index (χ0) is 19.9. The molecule has 0 radical (unpaired) electrons. The van der Waals surface area contributed by atoms with Crippen molar-refractivity contribution in [1.82, 2.24) is 10.6 Å². The zero-order valence-corrected chi connectivity index (χ0v) is 15.8. The van der Waals surface area contributed by atoms with Gasteiger partial charge in [-0.25, -0.2) is 4.79 Å². The number of rotatable bonds is 13. The molecular weight excluding hydrogens is 360 g/mol. The summed E-state index contributed by atoms with van der Waals surface area (Å²) in [7, 11) is 0. The average molecular weight is 386 g/mol. The SMILES string of the molecule is CCCOC(=O)NCC[C@@H](C=O)CNC(=O)C(=O)/C(C)=C/SCC(=N)N. The Morgan fingerprint density at radius 2 is 2.00 bits per heavy atom.